The van der Waals surface area contributed by atoms with Crippen molar-refractivity contribution in [3.8, 4) is 11.1 Å². The fourth-order valence-electron chi connectivity index (χ4n) is 3.27. The first-order valence-electron chi connectivity index (χ1n) is 10.5. The zero-order valence-corrected chi connectivity index (χ0v) is 18.3. The Labute approximate surface area is 196 Å². The lowest BCUT2D eigenvalue weighted by molar-refractivity contribution is -0.141. The van der Waals surface area contributed by atoms with Crippen LogP contribution in [0.3, 0.4) is 0 Å². The van der Waals surface area contributed by atoms with Gasteiger partial charge >= 0.3 is 5.97 Å². The number of benzene rings is 3. The van der Waals surface area contributed by atoms with Gasteiger partial charge in [-0.3, -0.25) is 9.59 Å². The zero-order chi connectivity index (χ0) is 24.3. The normalized spacial score (nSPS) is 11.5. The highest BCUT2D eigenvalue weighted by atomic mass is 16.4. The number of hydrogen-bond acceptors (Lipinski definition) is 5. The van der Waals surface area contributed by atoms with Crippen molar-refractivity contribution >= 4 is 29.8 Å². The van der Waals surface area contributed by atoms with Gasteiger partial charge < -0.3 is 26.9 Å². The van der Waals surface area contributed by atoms with Crippen LogP contribution in [0.1, 0.15) is 15.9 Å². The lowest BCUT2D eigenvalue weighted by Gasteiger charge is -2.15. The van der Waals surface area contributed by atoms with Crippen molar-refractivity contribution < 1.29 is 19.5 Å². The number of nitrogens with zero attached hydrogens (tertiary/aromatic N) is 1. The van der Waals surface area contributed by atoms with E-state index in [0.717, 1.165) is 16.7 Å². The van der Waals surface area contributed by atoms with Crippen LogP contribution >= 0.6 is 0 Å². The molecule has 9 heteroatoms. The molecule has 3 aromatic rings. The molecule has 0 aromatic heterocycles. The van der Waals surface area contributed by atoms with Gasteiger partial charge in [-0.05, 0) is 34.9 Å². The standard InChI is InChI=1S/C25H25N5O4/c26-29-16-28-21-8-4-7-20(14-21)24(32)27-15-23(31)30-22(25(33)34)13-17-9-11-19(12-10-17)18-5-2-1-3-6-18/h1-12,14,16,22H,13,15,26H2,(H,27,32)(H,28,29)(H,30,31)(H,33,34). The molecular formula is C25H25N5O4. The summed E-state index contributed by atoms with van der Waals surface area (Å²) in [5.74, 6) is 2.79. The molecule has 9 nitrogen and oxygen atoms in total. The van der Waals surface area contributed by atoms with Crippen molar-refractivity contribution in [2.24, 2.45) is 10.9 Å². The molecule has 0 bridgehead atoms. The van der Waals surface area contributed by atoms with Gasteiger partial charge in [-0.15, -0.1) is 0 Å². The largest absolute Gasteiger partial charge is 0.480 e. The molecule has 2 amide bonds. The topological polar surface area (TPSA) is 146 Å². The van der Waals surface area contributed by atoms with E-state index < -0.39 is 23.8 Å². The zero-order valence-electron chi connectivity index (χ0n) is 18.3. The third-order valence-electron chi connectivity index (χ3n) is 4.97. The number of aliphatic carboxylic acids is 1. The highest BCUT2D eigenvalue weighted by molar-refractivity contribution is 5.98. The second kappa shape index (κ2) is 11.8. The smallest absolute Gasteiger partial charge is 0.326 e. The SMILES string of the molecule is NN=CNc1cccc(C(=O)NCC(=O)NC(Cc2ccc(-c3ccccc3)cc2)C(=O)O)c1. The third kappa shape index (κ3) is 6.92. The summed E-state index contributed by atoms with van der Waals surface area (Å²) in [7, 11) is 0. The summed E-state index contributed by atoms with van der Waals surface area (Å²) in [6.45, 7) is -0.364. The van der Waals surface area contributed by atoms with Crippen molar-refractivity contribution in [1.82, 2.24) is 10.6 Å². The van der Waals surface area contributed by atoms with E-state index in [1.807, 2.05) is 54.6 Å². The molecule has 1 unspecified atom stereocenters. The van der Waals surface area contributed by atoms with Gasteiger partial charge in [0, 0.05) is 17.7 Å². The van der Waals surface area contributed by atoms with Gasteiger partial charge in [0.25, 0.3) is 5.91 Å². The number of hydrazone groups is 1. The molecule has 0 fully saturated rings. The summed E-state index contributed by atoms with van der Waals surface area (Å²) in [5.41, 5.74) is 3.74. The summed E-state index contributed by atoms with van der Waals surface area (Å²) in [6, 6.07) is 22.7. The maximum Gasteiger partial charge on any atom is 0.326 e. The Balaban J connectivity index is 1.55. The Kier molecular flexibility index (Phi) is 8.34. The van der Waals surface area contributed by atoms with Crippen LogP contribution in [0.25, 0.3) is 11.1 Å². The molecule has 0 radical (unpaired) electrons. The van der Waals surface area contributed by atoms with Crippen molar-refractivity contribution in [3.63, 3.8) is 0 Å². The van der Waals surface area contributed by atoms with Gasteiger partial charge in [0.1, 0.15) is 12.4 Å². The van der Waals surface area contributed by atoms with Crippen molar-refractivity contribution in [2.45, 2.75) is 12.5 Å². The maximum absolute atomic E-state index is 12.3. The van der Waals surface area contributed by atoms with Gasteiger partial charge in [0.2, 0.25) is 5.91 Å². The summed E-state index contributed by atoms with van der Waals surface area (Å²) in [6.07, 6.45) is 1.38. The number of nitrogens with one attached hydrogen (secondary N) is 3. The highest BCUT2D eigenvalue weighted by Crippen LogP contribution is 2.19. The number of carboxylic acid groups (broad SMARTS) is 1. The molecule has 0 saturated heterocycles. The monoisotopic (exact) mass is 459 g/mol. The Bertz CT molecular complexity index is 1160. The molecule has 0 aliphatic rings. The molecule has 0 spiro atoms. The van der Waals surface area contributed by atoms with E-state index in [9.17, 15) is 19.5 Å². The minimum atomic E-state index is -1.16. The number of carbonyl (C=O) groups is 3. The maximum atomic E-state index is 12.3. The minimum absolute atomic E-state index is 0.112. The van der Waals surface area contributed by atoms with E-state index in [0.29, 0.717) is 11.3 Å². The first-order valence-corrected chi connectivity index (χ1v) is 10.5. The van der Waals surface area contributed by atoms with Gasteiger partial charge in [-0.2, -0.15) is 5.10 Å². The van der Waals surface area contributed by atoms with E-state index in [4.69, 9.17) is 5.84 Å². The van der Waals surface area contributed by atoms with Crippen LogP contribution in [0.5, 0.6) is 0 Å². The number of nitrogens with two attached hydrogens (primary N) is 1. The van der Waals surface area contributed by atoms with E-state index in [1.165, 1.54) is 6.34 Å². The Morgan fingerprint density at radius 1 is 0.941 bits per heavy atom. The molecule has 174 valence electrons. The van der Waals surface area contributed by atoms with Gasteiger partial charge in [-0.25, -0.2) is 4.79 Å². The van der Waals surface area contributed by atoms with Crippen LogP contribution in [0.4, 0.5) is 5.69 Å². The number of carbonyl (C=O) groups excluding carboxylic acids is 2. The predicted octanol–water partition coefficient (Wildman–Crippen LogP) is 2.21. The number of anilines is 1. The van der Waals surface area contributed by atoms with E-state index in [2.05, 4.69) is 21.1 Å². The molecule has 34 heavy (non-hydrogen) atoms. The third-order valence-corrected chi connectivity index (χ3v) is 4.97. The molecule has 0 aliphatic heterocycles. The Morgan fingerprint density at radius 3 is 2.32 bits per heavy atom. The van der Waals surface area contributed by atoms with Crippen molar-refractivity contribution in [1.29, 1.82) is 0 Å². The number of amides is 2. The van der Waals surface area contributed by atoms with E-state index in [-0.39, 0.29) is 13.0 Å². The van der Waals surface area contributed by atoms with Crippen LogP contribution in [0, 0.1) is 0 Å². The van der Waals surface area contributed by atoms with Crippen LogP contribution in [-0.2, 0) is 16.0 Å². The van der Waals surface area contributed by atoms with Crippen LogP contribution < -0.4 is 21.8 Å². The first kappa shape index (κ1) is 24.0. The summed E-state index contributed by atoms with van der Waals surface area (Å²) >= 11 is 0. The predicted molar refractivity (Wildman–Crippen MR) is 130 cm³/mol. The van der Waals surface area contributed by atoms with Gasteiger partial charge in [0.05, 0.1) is 6.54 Å². The Hall–Kier alpha value is -4.66. The summed E-state index contributed by atoms with van der Waals surface area (Å²) in [5, 5.41) is 20.6. The first-order chi connectivity index (χ1) is 16.5. The lowest BCUT2D eigenvalue weighted by Crippen LogP contribution is -2.46. The van der Waals surface area contributed by atoms with Crippen LogP contribution in [-0.4, -0.2) is 41.8 Å². The van der Waals surface area contributed by atoms with Gasteiger partial charge in [0.15, 0.2) is 0 Å². The second-order valence-electron chi connectivity index (χ2n) is 7.41. The quantitative estimate of drug-likeness (QED) is 0.136. The van der Waals surface area contributed by atoms with Crippen molar-refractivity contribution in [3.05, 3.63) is 90.0 Å². The van der Waals surface area contributed by atoms with Crippen LogP contribution in [0.15, 0.2) is 84.0 Å². The van der Waals surface area contributed by atoms with Gasteiger partial charge in [-0.1, -0.05) is 60.7 Å². The minimum Gasteiger partial charge on any atom is -0.480 e. The highest BCUT2D eigenvalue weighted by Gasteiger charge is 2.21. The molecule has 0 heterocycles. The number of rotatable bonds is 10. The van der Waals surface area contributed by atoms with E-state index >= 15 is 0 Å². The average molecular weight is 460 g/mol. The molecular weight excluding hydrogens is 434 g/mol. The fourth-order valence-corrected chi connectivity index (χ4v) is 3.27. The van der Waals surface area contributed by atoms with Crippen LogP contribution in [0.2, 0.25) is 0 Å². The van der Waals surface area contributed by atoms with Crippen molar-refractivity contribution in [2.75, 3.05) is 11.9 Å². The number of hydrogen-bond donors (Lipinski definition) is 5. The molecule has 6 N–H and O–H groups in total. The second-order valence-corrected chi connectivity index (χ2v) is 7.41. The fraction of sp³-hybridized carbons (Fsp3) is 0.120. The molecule has 1 atom stereocenters. The molecule has 0 aliphatic carbocycles. The number of carboxylic acids is 1. The Morgan fingerprint density at radius 2 is 1.65 bits per heavy atom. The molecule has 3 rings (SSSR count). The summed E-state index contributed by atoms with van der Waals surface area (Å²) < 4.78 is 0. The van der Waals surface area contributed by atoms with E-state index in [1.54, 1.807) is 24.3 Å². The lowest BCUT2D eigenvalue weighted by atomic mass is 10.0. The average Bonchev–Trinajstić information content (AvgIpc) is 2.86. The molecule has 3 aromatic carbocycles. The summed E-state index contributed by atoms with van der Waals surface area (Å²) in [4.78, 5) is 36.3. The molecule has 0 saturated carbocycles.